The molecular formula is C11H15NO. The molecule has 2 rings (SSSR count). The Kier molecular flexibility index (Phi) is 2.00. The van der Waals surface area contributed by atoms with Gasteiger partial charge in [-0.25, -0.2) is 0 Å². The molecule has 0 amide bonds. The van der Waals surface area contributed by atoms with E-state index in [0.717, 1.165) is 18.8 Å². The number of fused-ring (bicyclic) bond motifs is 1. The maximum Gasteiger partial charge on any atom is 0.123 e. The molecule has 1 aromatic carbocycles. The highest BCUT2D eigenvalue weighted by molar-refractivity contribution is 5.41. The van der Waals surface area contributed by atoms with Crippen molar-refractivity contribution >= 4 is 0 Å². The van der Waals surface area contributed by atoms with E-state index in [9.17, 15) is 0 Å². The van der Waals surface area contributed by atoms with E-state index in [1.807, 2.05) is 18.2 Å². The Labute approximate surface area is 78.7 Å². The average Bonchev–Trinajstić information content (AvgIpc) is 2.19. The van der Waals surface area contributed by atoms with Crippen LogP contribution >= 0.6 is 0 Å². The molecule has 0 aliphatic carbocycles. The summed E-state index contributed by atoms with van der Waals surface area (Å²) in [5.41, 5.74) is 7.16. The minimum atomic E-state index is 0.106. The second-order valence-electron chi connectivity index (χ2n) is 3.86. The van der Waals surface area contributed by atoms with E-state index >= 15 is 0 Å². The van der Waals surface area contributed by atoms with Crippen molar-refractivity contribution in [1.82, 2.24) is 0 Å². The van der Waals surface area contributed by atoms with Crippen LogP contribution in [-0.2, 0) is 5.41 Å². The Morgan fingerprint density at radius 1 is 1.46 bits per heavy atom. The van der Waals surface area contributed by atoms with Crippen LogP contribution in [-0.4, -0.2) is 13.2 Å². The molecule has 2 heteroatoms. The lowest BCUT2D eigenvalue weighted by molar-refractivity contribution is 0.227. The summed E-state index contributed by atoms with van der Waals surface area (Å²) in [4.78, 5) is 0. The molecule has 70 valence electrons. The Balaban J connectivity index is 2.48. The van der Waals surface area contributed by atoms with Crippen molar-refractivity contribution in [3.63, 3.8) is 0 Å². The number of nitrogens with two attached hydrogens (primary N) is 1. The largest absolute Gasteiger partial charge is 0.493 e. The molecule has 1 aliphatic rings. The Morgan fingerprint density at radius 2 is 2.23 bits per heavy atom. The third-order valence-corrected chi connectivity index (χ3v) is 2.90. The monoisotopic (exact) mass is 177 g/mol. The zero-order valence-corrected chi connectivity index (χ0v) is 7.92. The normalized spacial score (nSPS) is 26.3. The van der Waals surface area contributed by atoms with E-state index in [0.29, 0.717) is 6.54 Å². The number of ether oxygens (including phenoxy) is 1. The molecule has 13 heavy (non-hydrogen) atoms. The SMILES string of the molecule is CC1(CN)CCOc2ccccc21. The van der Waals surface area contributed by atoms with E-state index in [2.05, 4.69) is 13.0 Å². The van der Waals surface area contributed by atoms with Crippen LogP contribution in [0.2, 0.25) is 0 Å². The quantitative estimate of drug-likeness (QED) is 0.708. The third kappa shape index (κ3) is 1.31. The fourth-order valence-corrected chi connectivity index (χ4v) is 1.82. The smallest absolute Gasteiger partial charge is 0.123 e. The maximum absolute atomic E-state index is 5.80. The van der Waals surface area contributed by atoms with Crippen LogP contribution < -0.4 is 10.5 Å². The molecule has 1 unspecified atom stereocenters. The third-order valence-electron chi connectivity index (χ3n) is 2.90. The van der Waals surface area contributed by atoms with E-state index in [-0.39, 0.29) is 5.41 Å². The van der Waals surface area contributed by atoms with Gasteiger partial charge in [-0.3, -0.25) is 0 Å². The average molecular weight is 177 g/mol. The van der Waals surface area contributed by atoms with Crippen molar-refractivity contribution in [2.24, 2.45) is 5.73 Å². The lowest BCUT2D eigenvalue weighted by Crippen LogP contribution is -2.36. The predicted molar refractivity (Wildman–Crippen MR) is 53.0 cm³/mol. The van der Waals surface area contributed by atoms with Gasteiger partial charge in [0.1, 0.15) is 5.75 Å². The number of rotatable bonds is 1. The number of para-hydroxylation sites is 1. The van der Waals surface area contributed by atoms with Gasteiger partial charge in [-0.2, -0.15) is 0 Å². The molecule has 2 N–H and O–H groups in total. The summed E-state index contributed by atoms with van der Waals surface area (Å²) in [5.74, 6) is 1.00. The molecule has 1 heterocycles. The van der Waals surface area contributed by atoms with Gasteiger partial charge in [0.05, 0.1) is 6.61 Å². The Morgan fingerprint density at radius 3 is 3.00 bits per heavy atom. The van der Waals surface area contributed by atoms with Gasteiger partial charge >= 0.3 is 0 Å². The van der Waals surface area contributed by atoms with Crippen molar-refractivity contribution in [3.8, 4) is 5.75 Å². The molecule has 0 radical (unpaired) electrons. The second-order valence-corrected chi connectivity index (χ2v) is 3.86. The second kappa shape index (κ2) is 3.04. The summed E-state index contributed by atoms with van der Waals surface area (Å²) in [7, 11) is 0. The summed E-state index contributed by atoms with van der Waals surface area (Å²) in [6.45, 7) is 3.67. The lowest BCUT2D eigenvalue weighted by atomic mass is 9.78. The summed E-state index contributed by atoms with van der Waals surface area (Å²) in [6.07, 6.45) is 1.01. The van der Waals surface area contributed by atoms with Crippen LogP contribution in [0.25, 0.3) is 0 Å². The first-order valence-electron chi connectivity index (χ1n) is 4.69. The number of benzene rings is 1. The summed E-state index contributed by atoms with van der Waals surface area (Å²) in [5, 5.41) is 0. The van der Waals surface area contributed by atoms with Crippen LogP contribution in [0, 0.1) is 0 Å². The van der Waals surface area contributed by atoms with Gasteiger partial charge in [-0.05, 0) is 12.5 Å². The molecule has 1 aliphatic heterocycles. The van der Waals surface area contributed by atoms with Crippen LogP contribution in [0.3, 0.4) is 0 Å². The summed E-state index contributed by atoms with van der Waals surface area (Å²) in [6, 6.07) is 8.17. The Bertz CT molecular complexity index is 311. The van der Waals surface area contributed by atoms with Crippen molar-refractivity contribution in [2.45, 2.75) is 18.8 Å². The van der Waals surface area contributed by atoms with Crippen molar-refractivity contribution in [1.29, 1.82) is 0 Å². The molecule has 0 bridgehead atoms. The van der Waals surface area contributed by atoms with Crippen LogP contribution in [0.1, 0.15) is 18.9 Å². The van der Waals surface area contributed by atoms with Crippen molar-refractivity contribution in [3.05, 3.63) is 29.8 Å². The van der Waals surface area contributed by atoms with Gasteiger partial charge in [-0.15, -0.1) is 0 Å². The first-order chi connectivity index (χ1) is 6.26. The highest BCUT2D eigenvalue weighted by atomic mass is 16.5. The highest BCUT2D eigenvalue weighted by Crippen LogP contribution is 2.37. The van der Waals surface area contributed by atoms with Gasteiger partial charge in [0.2, 0.25) is 0 Å². The topological polar surface area (TPSA) is 35.2 Å². The lowest BCUT2D eigenvalue weighted by Gasteiger charge is -2.34. The van der Waals surface area contributed by atoms with Crippen LogP contribution in [0.4, 0.5) is 0 Å². The minimum Gasteiger partial charge on any atom is -0.493 e. The van der Waals surface area contributed by atoms with Gasteiger partial charge in [0, 0.05) is 17.5 Å². The van der Waals surface area contributed by atoms with Crippen LogP contribution in [0.5, 0.6) is 5.75 Å². The van der Waals surface area contributed by atoms with E-state index in [1.54, 1.807) is 0 Å². The molecule has 1 atom stereocenters. The summed E-state index contributed by atoms with van der Waals surface area (Å²) >= 11 is 0. The minimum absolute atomic E-state index is 0.106. The standard InChI is InChI=1S/C11H15NO/c1-11(8-12)6-7-13-10-5-3-2-4-9(10)11/h2-5H,6-8,12H2,1H3. The summed E-state index contributed by atoms with van der Waals surface area (Å²) < 4.78 is 5.57. The van der Waals surface area contributed by atoms with Crippen molar-refractivity contribution < 1.29 is 4.74 Å². The Hall–Kier alpha value is -1.02. The molecule has 2 nitrogen and oxygen atoms in total. The first-order valence-corrected chi connectivity index (χ1v) is 4.69. The fourth-order valence-electron chi connectivity index (χ4n) is 1.82. The zero-order valence-electron chi connectivity index (χ0n) is 7.92. The molecule has 0 saturated heterocycles. The molecule has 0 saturated carbocycles. The van der Waals surface area contributed by atoms with E-state index < -0.39 is 0 Å². The number of hydrogen-bond donors (Lipinski definition) is 1. The molecule has 1 aromatic rings. The predicted octanol–water partition coefficient (Wildman–Crippen LogP) is 1.69. The van der Waals surface area contributed by atoms with Gasteiger partial charge in [0.25, 0.3) is 0 Å². The zero-order chi connectivity index (χ0) is 9.31. The molecule has 0 aromatic heterocycles. The van der Waals surface area contributed by atoms with Gasteiger partial charge in [0.15, 0.2) is 0 Å². The maximum atomic E-state index is 5.80. The molecular weight excluding hydrogens is 162 g/mol. The van der Waals surface area contributed by atoms with E-state index in [4.69, 9.17) is 10.5 Å². The molecule has 0 fully saturated rings. The van der Waals surface area contributed by atoms with Crippen LogP contribution in [0.15, 0.2) is 24.3 Å². The van der Waals surface area contributed by atoms with Gasteiger partial charge < -0.3 is 10.5 Å². The van der Waals surface area contributed by atoms with Crippen molar-refractivity contribution in [2.75, 3.05) is 13.2 Å². The van der Waals surface area contributed by atoms with Gasteiger partial charge in [-0.1, -0.05) is 25.1 Å². The van der Waals surface area contributed by atoms with E-state index in [1.165, 1.54) is 5.56 Å². The number of hydrogen-bond acceptors (Lipinski definition) is 2. The highest BCUT2D eigenvalue weighted by Gasteiger charge is 2.31. The molecule has 0 spiro atoms. The first kappa shape index (κ1) is 8.57. The fraction of sp³-hybridized carbons (Fsp3) is 0.455.